The van der Waals surface area contributed by atoms with Gasteiger partial charge in [-0.2, -0.15) is 0 Å². The molecule has 0 radical (unpaired) electrons. The molecule has 0 aliphatic carbocycles. The molecule has 0 fully saturated rings. The topological polar surface area (TPSA) is 62.3 Å². The Hall–Kier alpha value is -1.67. The molecule has 3 rings (SSSR count). The van der Waals surface area contributed by atoms with Gasteiger partial charge >= 0.3 is 0 Å². The maximum Gasteiger partial charge on any atom is 0.240 e. The zero-order valence-electron chi connectivity index (χ0n) is 13.9. The van der Waals surface area contributed by atoms with Gasteiger partial charge in [-0.1, -0.05) is 40.6 Å². The van der Waals surface area contributed by atoms with Crippen LogP contribution in [0.2, 0.25) is 5.02 Å². The summed E-state index contributed by atoms with van der Waals surface area (Å²) in [5.41, 5.74) is 1.87. The van der Waals surface area contributed by atoms with Crippen LogP contribution < -0.4 is 9.62 Å². The van der Waals surface area contributed by atoms with Crippen molar-refractivity contribution in [3.05, 3.63) is 53.1 Å². The van der Waals surface area contributed by atoms with Gasteiger partial charge in [0.25, 0.3) is 0 Å². The highest BCUT2D eigenvalue weighted by Gasteiger charge is 2.14. The van der Waals surface area contributed by atoms with Crippen molar-refractivity contribution < 1.29 is 8.42 Å². The number of hydrogen-bond acceptors (Lipinski definition) is 5. The molecule has 0 atom stereocenters. The summed E-state index contributed by atoms with van der Waals surface area (Å²) in [5.74, 6) is 0. The molecule has 0 aliphatic heterocycles. The fourth-order valence-corrected chi connectivity index (χ4v) is 4.42. The van der Waals surface area contributed by atoms with E-state index >= 15 is 0 Å². The Morgan fingerprint density at radius 2 is 1.92 bits per heavy atom. The second-order valence-corrected chi connectivity index (χ2v) is 8.95. The van der Waals surface area contributed by atoms with Crippen LogP contribution in [0.4, 0.5) is 5.13 Å². The number of likely N-dealkylation sites (N-methyl/N-ethyl adjacent to an activating group) is 1. The van der Waals surface area contributed by atoms with E-state index in [9.17, 15) is 8.42 Å². The van der Waals surface area contributed by atoms with Crippen molar-refractivity contribution in [2.75, 3.05) is 25.0 Å². The summed E-state index contributed by atoms with van der Waals surface area (Å²) in [6, 6.07) is 12.4. The van der Waals surface area contributed by atoms with Crippen molar-refractivity contribution in [1.29, 1.82) is 0 Å². The summed E-state index contributed by atoms with van der Waals surface area (Å²) >= 11 is 7.53. The van der Waals surface area contributed by atoms with Crippen LogP contribution in [0.5, 0.6) is 0 Å². The Morgan fingerprint density at radius 1 is 1.20 bits per heavy atom. The van der Waals surface area contributed by atoms with Gasteiger partial charge in [0.15, 0.2) is 5.13 Å². The maximum atomic E-state index is 12.3. The Morgan fingerprint density at radius 3 is 2.64 bits per heavy atom. The molecular formula is C17H18ClN3O2S2. The Balaban J connectivity index is 1.63. The van der Waals surface area contributed by atoms with E-state index in [1.54, 1.807) is 35.6 Å². The van der Waals surface area contributed by atoms with Gasteiger partial charge in [-0.25, -0.2) is 18.1 Å². The van der Waals surface area contributed by atoms with Gasteiger partial charge in [0, 0.05) is 25.2 Å². The molecule has 8 heteroatoms. The number of halogens is 1. The summed E-state index contributed by atoms with van der Waals surface area (Å²) in [5, 5.41) is 1.48. The number of nitrogens with zero attached hydrogens (tertiary/aromatic N) is 2. The number of rotatable bonds is 6. The number of aryl methyl sites for hydroxylation is 1. The molecule has 2 aromatic carbocycles. The molecule has 0 bridgehead atoms. The molecular weight excluding hydrogens is 378 g/mol. The van der Waals surface area contributed by atoms with E-state index in [1.807, 2.05) is 37.1 Å². The lowest BCUT2D eigenvalue weighted by Crippen LogP contribution is -2.33. The molecule has 1 heterocycles. The maximum absolute atomic E-state index is 12.3. The van der Waals surface area contributed by atoms with Crippen LogP contribution in [0, 0.1) is 6.92 Å². The van der Waals surface area contributed by atoms with Crippen LogP contribution in [0.15, 0.2) is 47.4 Å². The largest absolute Gasteiger partial charge is 0.350 e. The molecule has 5 nitrogen and oxygen atoms in total. The van der Waals surface area contributed by atoms with Crippen LogP contribution in [-0.2, 0) is 10.0 Å². The van der Waals surface area contributed by atoms with Crippen LogP contribution in [-0.4, -0.2) is 33.5 Å². The Bertz CT molecular complexity index is 985. The SMILES string of the molecule is Cc1ccc(S(=O)(=O)NCCN(C)c2nc3cc(Cl)ccc3s2)cc1. The summed E-state index contributed by atoms with van der Waals surface area (Å²) in [6.07, 6.45) is 0. The molecule has 0 amide bonds. The predicted molar refractivity (Wildman–Crippen MR) is 104 cm³/mol. The van der Waals surface area contributed by atoms with Crippen LogP contribution >= 0.6 is 22.9 Å². The first kappa shape index (κ1) is 18.1. The average Bonchev–Trinajstić information content (AvgIpc) is 2.98. The lowest BCUT2D eigenvalue weighted by atomic mass is 10.2. The smallest absolute Gasteiger partial charge is 0.240 e. The second kappa shape index (κ2) is 7.29. The van der Waals surface area contributed by atoms with E-state index < -0.39 is 10.0 Å². The van der Waals surface area contributed by atoms with E-state index in [-0.39, 0.29) is 4.90 Å². The molecule has 1 aromatic heterocycles. The molecule has 0 saturated carbocycles. The van der Waals surface area contributed by atoms with Crippen molar-refractivity contribution in [3.63, 3.8) is 0 Å². The third-order valence-corrected chi connectivity index (χ3v) is 6.60. The van der Waals surface area contributed by atoms with Gasteiger partial charge in [-0.3, -0.25) is 0 Å². The number of sulfonamides is 1. The van der Waals surface area contributed by atoms with Gasteiger partial charge in [-0.05, 0) is 37.3 Å². The number of hydrogen-bond donors (Lipinski definition) is 1. The lowest BCUT2D eigenvalue weighted by Gasteiger charge is -2.16. The normalized spacial score (nSPS) is 11.8. The van der Waals surface area contributed by atoms with Crippen LogP contribution in [0.25, 0.3) is 10.2 Å². The van der Waals surface area contributed by atoms with Crippen molar-refractivity contribution in [3.8, 4) is 0 Å². The Kier molecular flexibility index (Phi) is 5.29. The highest BCUT2D eigenvalue weighted by molar-refractivity contribution is 7.89. The minimum Gasteiger partial charge on any atom is -0.350 e. The van der Waals surface area contributed by atoms with Gasteiger partial charge in [0.1, 0.15) is 0 Å². The second-order valence-electron chi connectivity index (χ2n) is 5.74. The number of anilines is 1. The zero-order chi connectivity index (χ0) is 18.0. The first-order valence-corrected chi connectivity index (χ1v) is 10.4. The number of fused-ring (bicyclic) bond motifs is 1. The zero-order valence-corrected chi connectivity index (χ0v) is 16.2. The van der Waals surface area contributed by atoms with Gasteiger partial charge in [0.2, 0.25) is 10.0 Å². The van der Waals surface area contributed by atoms with Crippen molar-refractivity contribution >= 4 is 48.3 Å². The summed E-state index contributed by atoms with van der Waals surface area (Å²) < 4.78 is 28.2. The summed E-state index contributed by atoms with van der Waals surface area (Å²) in [6.45, 7) is 2.73. The van der Waals surface area contributed by atoms with Crippen LogP contribution in [0.1, 0.15) is 5.56 Å². The number of thiazole rings is 1. The van der Waals surface area contributed by atoms with Crippen molar-refractivity contribution in [2.45, 2.75) is 11.8 Å². The fourth-order valence-electron chi connectivity index (χ4n) is 2.30. The third-order valence-electron chi connectivity index (χ3n) is 3.74. The predicted octanol–water partition coefficient (Wildman–Crippen LogP) is 3.67. The lowest BCUT2D eigenvalue weighted by molar-refractivity contribution is 0.581. The minimum atomic E-state index is -3.50. The Labute approximate surface area is 156 Å². The minimum absolute atomic E-state index is 0.274. The molecule has 0 spiro atoms. The molecule has 25 heavy (non-hydrogen) atoms. The van der Waals surface area contributed by atoms with E-state index in [0.717, 1.165) is 20.9 Å². The first-order valence-electron chi connectivity index (χ1n) is 7.69. The van der Waals surface area contributed by atoms with Crippen molar-refractivity contribution in [1.82, 2.24) is 9.71 Å². The molecule has 0 aliphatic rings. The molecule has 3 aromatic rings. The number of benzene rings is 2. The quantitative estimate of drug-likeness (QED) is 0.691. The molecule has 132 valence electrons. The van der Waals surface area contributed by atoms with E-state index in [2.05, 4.69) is 9.71 Å². The fraction of sp³-hybridized carbons (Fsp3) is 0.235. The van der Waals surface area contributed by atoms with Gasteiger partial charge in [-0.15, -0.1) is 0 Å². The first-order chi connectivity index (χ1) is 11.8. The van der Waals surface area contributed by atoms with Gasteiger partial charge < -0.3 is 4.90 Å². The van der Waals surface area contributed by atoms with E-state index in [4.69, 9.17) is 11.6 Å². The van der Waals surface area contributed by atoms with Crippen LogP contribution in [0.3, 0.4) is 0 Å². The molecule has 0 unspecified atom stereocenters. The molecule has 1 N–H and O–H groups in total. The highest BCUT2D eigenvalue weighted by atomic mass is 35.5. The highest BCUT2D eigenvalue weighted by Crippen LogP contribution is 2.29. The standard InChI is InChI=1S/C17H18ClN3O2S2/c1-12-3-6-14(7-4-12)25(22,23)19-9-10-21(2)17-20-15-11-13(18)5-8-16(15)24-17/h3-8,11,19H,9-10H2,1-2H3. The monoisotopic (exact) mass is 395 g/mol. The summed E-state index contributed by atoms with van der Waals surface area (Å²) in [7, 11) is -1.61. The number of nitrogens with one attached hydrogen (secondary N) is 1. The summed E-state index contributed by atoms with van der Waals surface area (Å²) in [4.78, 5) is 6.74. The average molecular weight is 396 g/mol. The number of aromatic nitrogens is 1. The van der Waals surface area contributed by atoms with E-state index in [0.29, 0.717) is 18.1 Å². The van der Waals surface area contributed by atoms with Gasteiger partial charge in [0.05, 0.1) is 15.1 Å². The van der Waals surface area contributed by atoms with Crippen molar-refractivity contribution in [2.24, 2.45) is 0 Å². The van der Waals surface area contributed by atoms with E-state index in [1.165, 1.54) is 0 Å². The third kappa shape index (κ3) is 4.30. The molecule has 0 saturated heterocycles.